The average molecular weight is 243 g/mol. The van der Waals surface area contributed by atoms with Crippen molar-refractivity contribution in [1.82, 2.24) is 10.2 Å². The first-order chi connectivity index (χ1) is 7.99. The summed E-state index contributed by atoms with van der Waals surface area (Å²) in [6, 6.07) is 0.251. The molecular formula is C11H21N3O3. The van der Waals surface area contributed by atoms with Crippen LogP contribution < -0.4 is 11.1 Å². The Morgan fingerprint density at radius 2 is 2.06 bits per heavy atom. The van der Waals surface area contributed by atoms with Gasteiger partial charge in [0.25, 0.3) is 0 Å². The van der Waals surface area contributed by atoms with E-state index in [1.807, 2.05) is 4.90 Å². The Labute approximate surface area is 101 Å². The van der Waals surface area contributed by atoms with E-state index in [-0.39, 0.29) is 18.5 Å². The summed E-state index contributed by atoms with van der Waals surface area (Å²) in [7, 11) is 0. The molecule has 1 aliphatic heterocycles. The minimum Gasteiger partial charge on any atom is -0.481 e. The van der Waals surface area contributed by atoms with E-state index in [9.17, 15) is 9.59 Å². The second-order valence-corrected chi connectivity index (χ2v) is 4.66. The third-order valence-electron chi connectivity index (χ3n) is 3.03. The fourth-order valence-electron chi connectivity index (χ4n) is 1.72. The highest BCUT2D eigenvalue weighted by atomic mass is 16.4. The van der Waals surface area contributed by atoms with Gasteiger partial charge in [0.1, 0.15) is 0 Å². The number of piperidine rings is 1. The van der Waals surface area contributed by atoms with Gasteiger partial charge in [0.2, 0.25) is 5.91 Å². The molecule has 6 nitrogen and oxygen atoms in total. The molecule has 0 radical (unpaired) electrons. The number of carboxylic acids is 1. The van der Waals surface area contributed by atoms with Gasteiger partial charge in [0.05, 0.1) is 12.5 Å². The molecule has 17 heavy (non-hydrogen) atoms. The van der Waals surface area contributed by atoms with Crippen molar-refractivity contribution in [3.63, 3.8) is 0 Å². The molecule has 1 fully saturated rings. The van der Waals surface area contributed by atoms with Gasteiger partial charge in [-0.1, -0.05) is 6.92 Å². The molecule has 0 aromatic carbocycles. The second kappa shape index (κ2) is 6.56. The van der Waals surface area contributed by atoms with Gasteiger partial charge in [0, 0.05) is 25.7 Å². The van der Waals surface area contributed by atoms with Crippen LogP contribution >= 0.6 is 0 Å². The normalized spacial score (nSPS) is 19.9. The van der Waals surface area contributed by atoms with Gasteiger partial charge in [-0.15, -0.1) is 0 Å². The molecule has 0 spiro atoms. The molecule has 1 amide bonds. The Bertz CT molecular complexity index is 275. The van der Waals surface area contributed by atoms with Crippen LogP contribution in [0.3, 0.4) is 0 Å². The van der Waals surface area contributed by atoms with Crippen molar-refractivity contribution in [3.05, 3.63) is 0 Å². The van der Waals surface area contributed by atoms with Crippen molar-refractivity contribution in [2.45, 2.75) is 25.8 Å². The predicted molar refractivity (Wildman–Crippen MR) is 63.5 cm³/mol. The minimum absolute atomic E-state index is 0.117. The van der Waals surface area contributed by atoms with Crippen molar-refractivity contribution in [2.24, 2.45) is 11.7 Å². The third-order valence-corrected chi connectivity index (χ3v) is 3.03. The number of nitrogens with two attached hydrogens (primary N) is 1. The maximum atomic E-state index is 11.5. The van der Waals surface area contributed by atoms with Crippen LogP contribution in [-0.4, -0.2) is 54.1 Å². The maximum absolute atomic E-state index is 11.5. The zero-order chi connectivity index (χ0) is 12.8. The molecule has 0 aromatic heterocycles. The molecule has 0 aliphatic carbocycles. The number of carbonyl (C=O) groups excluding carboxylic acids is 1. The number of carboxylic acid groups (broad SMARTS) is 1. The standard InChI is InChI=1S/C11H21N3O3/c1-8(11(16)17)6-13-10(15)7-14-4-2-9(12)3-5-14/h8-9H,2-7,12H2,1H3,(H,13,15)(H,16,17). The van der Waals surface area contributed by atoms with Crippen LogP contribution in [0, 0.1) is 5.92 Å². The van der Waals surface area contributed by atoms with E-state index in [4.69, 9.17) is 10.8 Å². The van der Waals surface area contributed by atoms with Crippen LogP contribution in [0.25, 0.3) is 0 Å². The number of aliphatic carboxylic acids is 1. The molecule has 0 saturated carbocycles. The highest BCUT2D eigenvalue weighted by Gasteiger charge is 2.19. The summed E-state index contributed by atoms with van der Waals surface area (Å²) in [5.74, 6) is -1.56. The van der Waals surface area contributed by atoms with E-state index < -0.39 is 11.9 Å². The highest BCUT2D eigenvalue weighted by molar-refractivity contribution is 5.79. The Kier molecular flexibility index (Phi) is 5.37. The summed E-state index contributed by atoms with van der Waals surface area (Å²) in [6.07, 6.45) is 1.83. The Hall–Kier alpha value is -1.14. The van der Waals surface area contributed by atoms with E-state index in [2.05, 4.69) is 5.32 Å². The van der Waals surface area contributed by atoms with Crippen LogP contribution in [0.2, 0.25) is 0 Å². The van der Waals surface area contributed by atoms with E-state index in [1.165, 1.54) is 0 Å². The number of nitrogens with one attached hydrogen (secondary N) is 1. The smallest absolute Gasteiger partial charge is 0.308 e. The lowest BCUT2D eigenvalue weighted by Crippen LogP contribution is -2.45. The number of nitrogens with zero attached hydrogens (tertiary/aromatic N) is 1. The zero-order valence-corrected chi connectivity index (χ0v) is 10.2. The first-order valence-electron chi connectivity index (χ1n) is 5.96. The Balaban J connectivity index is 2.19. The second-order valence-electron chi connectivity index (χ2n) is 4.66. The summed E-state index contributed by atoms with van der Waals surface area (Å²) in [6.45, 7) is 3.76. The number of likely N-dealkylation sites (tertiary alicyclic amines) is 1. The van der Waals surface area contributed by atoms with Gasteiger partial charge in [-0.05, 0) is 12.8 Å². The van der Waals surface area contributed by atoms with Gasteiger partial charge in [0.15, 0.2) is 0 Å². The number of rotatable bonds is 5. The van der Waals surface area contributed by atoms with Crippen LogP contribution in [0.1, 0.15) is 19.8 Å². The molecule has 1 unspecified atom stereocenters. The number of hydrogen-bond donors (Lipinski definition) is 3. The largest absolute Gasteiger partial charge is 0.481 e. The molecule has 1 aliphatic rings. The Morgan fingerprint density at radius 1 is 1.47 bits per heavy atom. The predicted octanol–water partition coefficient (Wildman–Crippen LogP) is -0.754. The fraction of sp³-hybridized carbons (Fsp3) is 0.818. The summed E-state index contributed by atoms with van der Waals surface area (Å²) >= 11 is 0. The first kappa shape index (κ1) is 13.9. The maximum Gasteiger partial charge on any atom is 0.308 e. The number of hydrogen-bond acceptors (Lipinski definition) is 4. The summed E-state index contributed by atoms with van der Waals surface area (Å²) in [4.78, 5) is 24.2. The molecule has 6 heteroatoms. The van der Waals surface area contributed by atoms with E-state index in [0.29, 0.717) is 6.54 Å². The molecule has 1 saturated heterocycles. The first-order valence-corrected chi connectivity index (χ1v) is 5.96. The lowest BCUT2D eigenvalue weighted by atomic mass is 10.1. The van der Waals surface area contributed by atoms with Crippen molar-refractivity contribution in [1.29, 1.82) is 0 Å². The van der Waals surface area contributed by atoms with E-state index in [1.54, 1.807) is 6.92 Å². The highest BCUT2D eigenvalue weighted by Crippen LogP contribution is 2.07. The number of amides is 1. The third kappa shape index (κ3) is 5.14. The van der Waals surface area contributed by atoms with Crippen molar-refractivity contribution >= 4 is 11.9 Å². The lowest BCUT2D eigenvalue weighted by molar-refractivity contribution is -0.141. The fourth-order valence-corrected chi connectivity index (χ4v) is 1.72. The Morgan fingerprint density at radius 3 is 2.59 bits per heavy atom. The monoisotopic (exact) mass is 243 g/mol. The molecule has 0 bridgehead atoms. The van der Waals surface area contributed by atoms with E-state index >= 15 is 0 Å². The van der Waals surface area contributed by atoms with Crippen molar-refractivity contribution < 1.29 is 14.7 Å². The molecule has 1 atom stereocenters. The van der Waals surface area contributed by atoms with Gasteiger partial charge in [-0.3, -0.25) is 14.5 Å². The van der Waals surface area contributed by atoms with Gasteiger partial charge < -0.3 is 16.2 Å². The zero-order valence-electron chi connectivity index (χ0n) is 10.2. The molecule has 1 heterocycles. The van der Waals surface area contributed by atoms with Crippen LogP contribution in [0.5, 0.6) is 0 Å². The van der Waals surface area contributed by atoms with Gasteiger partial charge >= 0.3 is 5.97 Å². The SMILES string of the molecule is CC(CNC(=O)CN1CCC(N)CC1)C(=O)O. The molecule has 0 aromatic rings. The molecule has 1 rings (SSSR count). The van der Waals surface area contributed by atoms with Gasteiger partial charge in [-0.2, -0.15) is 0 Å². The molecule has 4 N–H and O–H groups in total. The molecule has 98 valence electrons. The quantitative estimate of drug-likeness (QED) is 0.590. The summed E-state index contributed by atoms with van der Waals surface area (Å²) in [5, 5.41) is 11.3. The lowest BCUT2D eigenvalue weighted by Gasteiger charge is -2.29. The van der Waals surface area contributed by atoms with Crippen molar-refractivity contribution in [2.75, 3.05) is 26.2 Å². The minimum atomic E-state index is -0.894. The molecular weight excluding hydrogens is 222 g/mol. The average Bonchev–Trinajstić information content (AvgIpc) is 2.29. The topological polar surface area (TPSA) is 95.7 Å². The van der Waals surface area contributed by atoms with Crippen LogP contribution in [-0.2, 0) is 9.59 Å². The van der Waals surface area contributed by atoms with Crippen LogP contribution in [0.4, 0.5) is 0 Å². The summed E-state index contributed by atoms with van der Waals surface area (Å²) in [5.41, 5.74) is 5.77. The number of carbonyl (C=O) groups is 2. The van der Waals surface area contributed by atoms with Crippen molar-refractivity contribution in [3.8, 4) is 0 Å². The van der Waals surface area contributed by atoms with E-state index in [0.717, 1.165) is 25.9 Å². The van der Waals surface area contributed by atoms with Crippen LogP contribution in [0.15, 0.2) is 0 Å². The van der Waals surface area contributed by atoms with Gasteiger partial charge in [-0.25, -0.2) is 0 Å². The summed E-state index contributed by atoms with van der Waals surface area (Å²) < 4.78 is 0.